The number of fused-ring (bicyclic) bond motifs is 6. The normalized spacial score (nSPS) is 14.5. The van der Waals surface area contributed by atoms with Gasteiger partial charge >= 0.3 is 0 Å². The molecule has 0 bridgehead atoms. The zero-order chi connectivity index (χ0) is 37.9. The molecule has 1 aliphatic carbocycles. The van der Waals surface area contributed by atoms with Gasteiger partial charge in [0.05, 0.1) is 11.4 Å². The van der Waals surface area contributed by atoms with Crippen LogP contribution in [0.2, 0.25) is 0 Å². The lowest BCUT2D eigenvalue weighted by Crippen LogP contribution is -2.22. The minimum atomic E-state index is -0.285. The van der Waals surface area contributed by atoms with Crippen molar-refractivity contribution >= 4 is 31.5 Å². The maximum atomic E-state index is 5.29. The highest BCUT2D eigenvalue weighted by Gasteiger charge is 2.40. The second kappa shape index (κ2) is 13.4. The minimum absolute atomic E-state index is 0.285. The molecule has 57 heavy (non-hydrogen) atoms. The Morgan fingerprint density at radius 1 is 0.368 bits per heavy atom. The highest BCUT2D eigenvalue weighted by molar-refractivity contribution is 7.25. The van der Waals surface area contributed by atoms with E-state index in [4.69, 9.17) is 9.97 Å². The van der Waals surface area contributed by atoms with Crippen molar-refractivity contribution in [3.63, 3.8) is 0 Å². The molecular formula is C54H36N2S. The average Bonchev–Trinajstić information content (AvgIpc) is 3.79. The van der Waals surface area contributed by atoms with Crippen LogP contribution in [0.25, 0.3) is 87.5 Å². The summed E-state index contributed by atoms with van der Waals surface area (Å²) in [5.41, 5.74) is 15.8. The van der Waals surface area contributed by atoms with E-state index < -0.39 is 0 Å². The van der Waals surface area contributed by atoms with Gasteiger partial charge in [-0.1, -0.05) is 164 Å². The van der Waals surface area contributed by atoms with Crippen LogP contribution in [0.5, 0.6) is 0 Å². The van der Waals surface area contributed by atoms with Gasteiger partial charge in [0.1, 0.15) is 0 Å². The first-order chi connectivity index (χ1) is 28.1. The Morgan fingerprint density at radius 3 is 1.84 bits per heavy atom. The number of hydrogen-bond acceptors (Lipinski definition) is 3. The summed E-state index contributed by atoms with van der Waals surface area (Å²) in [5.74, 6) is 0.704. The lowest BCUT2D eigenvalue weighted by atomic mass is 9.74. The molecule has 0 amide bonds. The maximum Gasteiger partial charge on any atom is 0.160 e. The molecule has 3 heteroatoms. The summed E-state index contributed by atoms with van der Waals surface area (Å²) in [4.78, 5) is 10.5. The average molecular weight is 745 g/mol. The third kappa shape index (κ3) is 5.54. The summed E-state index contributed by atoms with van der Waals surface area (Å²) in [6.45, 7) is 2.38. The number of thiophene rings is 1. The first kappa shape index (κ1) is 33.4. The molecule has 268 valence electrons. The van der Waals surface area contributed by atoms with E-state index in [0.717, 1.165) is 39.2 Å². The summed E-state index contributed by atoms with van der Waals surface area (Å²) < 4.78 is 2.62. The Kier molecular flexibility index (Phi) is 7.84. The second-order valence-electron chi connectivity index (χ2n) is 15.1. The van der Waals surface area contributed by atoms with Crippen LogP contribution in [0.4, 0.5) is 0 Å². The third-order valence-corrected chi connectivity index (χ3v) is 13.0. The Hall–Kier alpha value is -6.94. The molecule has 0 fully saturated rings. The minimum Gasteiger partial charge on any atom is -0.228 e. The summed E-state index contributed by atoms with van der Waals surface area (Å²) in [6.07, 6.45) is 0. The highest BCUT2D eigenvalue weighted by atomic mass is 32.1. The van der Waals surface area contributed by atoms with Gasteiger partial charge in [-0.25, -0.2) is 9.97 Å². The van der Waals surface area contributed by atoms with E-state index in [1.54, 1.807) is 0 Å². The fourth-order valence-electron chi connectivity index (χ4n) is 8.91. The van der Waals surface area contributed by atoms with E-state index in [1.165, 1.54) is 59.1 Å². The molecule has 2 nitrogen and oxygen atoms in total. The molecule has 0 N–H and O–H groups in total. The SMILES string of the molecule is CC1(c2ccccc2)c2ccccc2-c2ccc(-c3ccccc3-c3cc(-c4cccc(-c5ccc6sc7ccccc7c6c5)c4)nc(-c4ccccc4)n3)cc21. The Morgan fingerprint density at radius 2 is 0.982 bits per heavy atom. The topological polar surface area (TPSA) is 25.8 Å². The van der Waals surface area contributed by atoms with Crippen LogP contribution < -0.4 is 0 Å². The Bertz CT molecular complexity index is 3140. The molecule has 0 saturated carbocycles. The Labute approximate surface area is 336 Å². The van der Waals surface area contributed by atoms with Crippen molar-refractivity contribution in [3.8, 4) is 67.3 Å². The summed E-state index contributed by atoms with van der Waals surface area (Å²) in [7, 11) is 0. The van der Waals surface area contributed by atoms with Crippen molar-refractivity contribution in [2.24, 2.45) is 0 Å². The van der Waals surface area contributed by atoms with E-state index >= 15 is 0 Å². The molecule has 2 aromatic heterocycles. The van der Waals surface area contributed by atoms with E-state index in [0.29, 0.717) is 5.82 Å². The Balaban J connectivity index is 1.05. The number of hydrogen-bond donors (Lipinski definition) is 0. The van der Waals surface area contributed by atoms with Crippen molar-refractivity contribution < 1.29 is 0 Å². The van der Waals surface area contributed by atoms with Crippen LogP contribution in [0.3, 0.4) is 0 Å². The zero-order valence-corrected chi connectivity index (χ0v) is 32.2. The molecule has 0 spiro atoms. The molecule has 0 aliphatic heterocycles. The lowest BCUT2D eigenvalue weighted by molar-refractivity contribution is 0.714. The first-order valence-electron chi connectivity index (χ1n) is 19.5. The molecular weight excluding hydrogens is 709 g/mol. The van der Waals surface area contributed by atoms with Gasteiger partial charge in [0.2, 0.25) is 0 Å². The molecule has 2 heterocycles. The molecule has 0 radical (unpaired) electrons. The van der Waals surface area contributed by atoms with E-state index in [2.05, 4.69) is 201 Å². The van der Waals surface area contributed by atoms with Gasteiger partial charge in [-0.15, -0.1) is 11.3 Å². The van der Waals surface area contributed by atoms with Crippen molar-refractivity contribution in [1.29, 1.82) is 0 Å². The molecule has 1 unspecified atom stereocenters. The second-order valence-corrected chi connectivity index (χ2v) is 16.1. The van der Waals surface area contributed by atoms with Crippen molar-refractivity contribution in [2.75, 3.05) is 0 Å². The van der Waals surface area contributed by atoms with E-state index in [-0.39, 0.29) is 5.41 Å². The van der Waals surface area contributed by atoms with Crippen LogP contribution in [-0.2, 0) is 5.41 Å². The molecule has 1 aliphatic rings. The van der Waals surface area contributed by atoms with Gasteiger partial charge in [-0.3, -0.25) is 0 Å². The first-order valence-corrected chi connectivity index (χ1v) is 20.3. The number of aromatic nitrogens is 2. The highest BCUT2D eigenvalue weighted by Crippen LogP contribution is 2.53. The van der Waals surface area contributed by atoms with Crippen LogP contribution in [0, 0.1) is 0 Å². The van der Waals surface area contributed by atoms with Gasteiger partial charge in [0.15, 0.2) is 5.82 Å². The summed E-state index contributed by atoms with van der Waals surface area (Å²) >= 11 is 1.85. The van der Waals surface area contributed by atoms with E-state index in [1.807, 2.05) is 17.4 Å². The predicted molar refractivity (Wildman–Crippen MR) is 240 cm³/mol. The van der Waals surface area contributed by atoms with Gasteiger partial charge in [0.25, 0.3) is 0 Å². The standard InChI is InChI=1S/C54H36N2S/c1-54(40-19-6-3-7-20-40)47-25-12-10-22-42(47)43-29-27-38(33-48(43)54)41-21-8-9-23-44(41)50-34-49(55-53(56-50)35-15-4-2-5-16-35)39-18-14-17-36(31-39)37-28-30-52-46(32-37)45-24-11-13-26-51(45)57-52/h2-34H,1H3. The predicted octanol–water partition coefficient (Wildman–Crippen LogP) is 14.5. The number of rotatable bonds is 6. The van der Waals surface area contributed by atoms with E-state index in [9.17, 15) is 0 Å². The fraction of sp³-hybridized carbons (Fsp3) is 0.0370. The molecule has 11 rings (SSSR count). The number of nitrogens with zero attached hydrogens (tertiary/aromatic N) is 2. The van der Waals surface area contributed by atoms with Crippen LogP contribution in [-0.4, -0.2) is 9.97 Å². The fourth-order valence-corrected chi connectivity index (χ4v) is 10.00. The monoisotopic (exact) mass is 744 g/mol. The summed E-state index contributed by atoms with van der Waals surface area (Å²) in [6, 6.07) is 72.3. The van der Waals surface area contributed by atoms with Crippen LogP contribution in [0.15, 0.2) is 200 Å². The molecule has 0 saturated heterocycles. The smallest absolute Gasteiger partial charge is 0.160 e. The third-order valence-electron chi connectivity index (χ3n) is 11.8. The molecule has 8 aromatic carbocycles. The maximum absolute atomic E-state index is 5.29. The van der Waals surface area contributed by atoms with Gasteiger partial charge in [-0.05, 0) is 93.4 Å². The summed E-state index contributed by atoms with van der Waals surface area (Å²) in [5, 5.41) is 2.60. The largest absolute Gasteiger partial charge is 0.228 e. The van der Waals surface area contributed by atoms with Crippen molar-refractivity contribution in [3.05, 3.63) is 217 Å². The van der Waals surface area contributed by atoms with Crippen molar-refractivity contribution in [2.45, 2.75) is 12.3 Å². The van der Waals surface area contributed by atoms with Gasteiger partial charge in [0, 0.05) is 42.3 Å². The lowest BCUT2D eigenvalue weighted by Gasteiger charge is -2.28. The van der Waals surface area contributed by atoms with Crippen molar-refractivity contribution in [1.82, 2.24) is 9.97 Å². The quantitative estimate of drug-likeness (QED) is 0.169. The molecule has 1 atom stereocenters. The van der Waals surface area contributed by atoms with Gasteiger partial charge < -0.3 is 0 Å². The van der Waals surface area contributed by atoms with Crippen LogP contribution >= 0.6 is 11.3 Å². The molecule has 10 aromatic rings. The van der Waals surface area contributed by atoms with Crippen LogP contribution in [0.1, 0.15) is 23.6 Å². The van der Waals surface area contributed by atoms with Gasteiger partial charge in [-0.2, -0.15) is 0 Å². The number of benzene rings is 8. The zero-order valence-electron chi connectivity index (χ0n) is 31.4.